The lowest BCUT2D eigenvalue weighted by Crippen LogP contribution is -2.39. The van der Waals surface area contributed by atoms with Gasteiger partial charge in [0.2, 0.25) is 5.91 Å². The summed E-state index contributed by atoms with van der Waals surface area (Å²) in [5.41, 5.74) is 0. The number of hydrogen-bond acceptors (Lipinski definition) is 1. The normalized spacial score (nSPS) is 25.1. The topological polar surface area (TPSA) is 20.3 Å². The van der Waals surface area contributed by atoms with E-state index in [1.807, 2.05) is 4.90 Å². The van der Waals surface area contributed by atoms with Gasteiger partial charge >= 0.3 is 0 Å². The van der Waals surface area contributed by atoms with E-state index in [2.05, 4.69) is 36.7 Å². The molecule has 2 unspecified atom stereocenters. The summed E-state index contributed by atoms with van der Waals surface area (Å²) < 4.78 is 0. The second-order valence-corrected chi connectivity index (χ2v) is 5.99. The number of carbonyl (C=O) groups excluding carboxylic acids is 1. The van der Waals surface area contributed by atoms with Crippen LogP contribution in [0.5, 0.6) is 0 Å². The molecule has 0 aromatic carbocycles. The fourth-order valence-corrected chi connectivity index (χ4v) is 2.23. The molecular weight excluding hydrogens is 254 g/mol. The first-order valence-electron chi connectivity index (χ1n) is 5.95. The molecule has 1 aliphatic rings. The number of alkyl halides is 1. The van der Waals surface area contributed by atoms with Gasteiger partial charge in [-0.05, 0) is 31.1 Å². The molecule has 0 N–H and O–H groups in total. The van der Waals surface area contributed by atoms with Crippen LogP contribution in [-0.2, 0) is 4.79 Å². The maximum Gasteiger partial charge on any atom is 0.236 e. The van der Waals surface area contributed by atoms with Crippen molar-refractivity contribution >= 4 is 21.8 Å². The van der Waals surface area contributed by atoms with Crippen molar-refractivity contribution in [1.82, 2.24) is 4.90 Å². The third kappa shape index (κ3) is 3.78. The summed E-state index contributed by atoms with van der Waals surface area (Å²) in [6, 6.07) is 0. The van der Waals surface area contributed by atoms with Crippen molar-refractivity contribution in [2.75, 3.05) is 13.1 Å². The Hall–Kier alpha value is -0.0500. The van der Waals surface area contributed by atoms with Crippen LogP contribution in [0.4, 0.5) is 0 Å². The molecule has 1 aliphatic heterocycles. The van der Waals surface area contributed by atoms with Gasteiger partial charge in [-0.1, -0.05) is 36.7 Å². The van der Waals surface area contributed by atoms with Crippen LogP contribution in [0.25, 0.3) is 0 Å². The molecule has 0 aromatic heterocycles. The van der Waals surface area contributed by atoms with Gasteiger partial charge in [0.15, 0.2) is 0 Å². The standard InChI is InChI=1S/C12H22BrNO/c1-9(2)11(13)12(15)14-7-4-5-10(3)6-8-14/h9-11H,4-8H2,1-3H3. The zero-order valence-electron chi connectivity index (χ0n) is 10.0. The van der Waals surface area contributed by atoms with Gasteiger partial charge in [-0.15, -0.1) is 0 Å². The van der Waals surface area contributed by atoms with Crippen LogP contribution in [0.1, 0.15) is 40.0 Å². The molecule has 1 heterocycles. The van der Waals surface area contributed by atoms with Crippen molar-refractivity contribution in [2.24, 2.45) is 11.8 Å². The first-order chi connectivity index (χ1) is 7.02. The van der Waals surface area contributed by atoms with Gasteiger partial charge < -0.3 is 4.90 Å². The Morgan fingerprint density at radius 1 is 1.33 bits per heavy atom. The molecule has 15 heavy (non-hydrogen) atoms. The highest BCUT2D eigenvalue weighted by atomic mass is 79.9. The van der Waals surface area contributed by atoms with Gasteiger partial charge in [-0.25, -0.2) is 0 Å². The number of halogens is 1. The van der Waals surface area contributed by atoms with E-state index in [4.69, 9.17) is 0 Å². The maximum absolute atomic E-state index is 12.1. The fraction of sp³-hybridized carbons (Fsp3) is 0.917. The Kier molecular flexibility index (Phi) is 5.10. The Morgan fingerprint density at radius 3 is 2.60 bits per heavy atom. The van der Waals surface area contributed by atoms with E-state index in [0.29, 0.717) is 5.92 Å². The summed E-state index contributed by atoms with van der Waals surface area (Å²) in [7, 11) is 0. The van der Waals surface area contributed by atoms with Gasteiger partial charge in [-0.2, -0.15) is 0 Å². The SMILES string of the molecule is CC1CCCN(C(=O)C(Br)C(C)C)CC1. The summed E-state index contributed by atoms with van der Waals surface area (Å²) in [6.07, 6.45) is 3.58. The number of rotatable bonds is 2. The average molecular weight is 276 g/mol. The minimum Gasteiger partial charge on any atom is -0.342 e. The molecule has 2 nitrogen and oxygen atoms in total. The highest BCUT2D eigenvalue weighted by molar-refractivity contribution is 9.10. The molecule has 0 aliphatic carbocycles. The number of amides is 1. The predicted octanol–water partition coefficient (Wildman–Crippen LogP) is 3.05. The Bertz CT molecular complexity index is 218. The minimum absolute atomic E-state index is 0.00842. The van der Waals surface area contributed by atoms with Crippen molar-refractivity contribution < 1.29 is 4.79 Å². The van der Waals surface area contributed by atoms with Gasteiger partial charge in [0.05, 0.1) is 4.83 Å². The fourth-order valence-electron chi connectivity index (χ4n) is 1.94. The molecule has 88 valence electrons. The smallest absolute Gasteiger partial charge is 0.236 e. The van der Waals surface area contributed by atoms with E-state index in [0.717, 1.165) is 31.8 Å². The zero-order chi connectivity index (χ0) is 11.4. The van der Waals surface area contributed by atoms with Crippen molar-refractivity contribution in [3.05, 3.63) is 0 Å². The van der Waals surface area contributed by atoms with Crippen LogP contribution in [0.15, 0.2) is 0 Å². The molecule has 1 amide bonds. The summed E-state index contributed by atoms with van der Waals surface area (Å²) >= 11 is 3.49. The Balaban J connectivity index is 2.52. The largest absolute Gasteiger partial charge is 0.342 e. The predicted molar refractivity (Wildman–Crippen MR) is 67.1 cm³/mol. The Morgan fingerprint density at radius 2 is 2.00 bits per heavy atom. The van der Waals surface area contributed by atoms with Gasteiger partial charge in [-0.3, -0.25) is 4.79 Å². The number of hydrogen-bond donors (Lipinski definition) is 0. The lowest BCUT2D eigenvalue weighted by atomic mass is 10.0. The monoisotopic (exact) mass is 275 g/mol. The maximum atomic E-state index is 12.1. The molecule has 2 atom stereocenters. The van der Waals surface area contributed by atoms with Crippen LogP contribution >= 0.6 is 15.9 Å². The summed E-state index contributed by atoms with van der Waals surface area (Å²) in [5.74, 6) is 1.42. The molecule has 0 aromatic rings. The second-order valence-electron chi connectivity index (χ2n) is 5.01. The van der Waals surface area contributed by atoms with E-state index in [9.17, 15) is 4.79 Å². The van der Waals surface area contributed by atoms with E-state index in [1.165, 1.54) is 6.42 Å². The summed E-state index contributed by atoms with van der Waals surface area (Å²) in [6.45, 7) is 8.32. The number of likely N-dealkylation sites (tertiary alicyclic amines) is 1. The summed E-state index contributed by atoms with van der Waals surface area (Å²) in [4.78, 5) is 14.1. The lowest BCUT2D eigenvalue weighted by Gasteiger charge is -2.25. The minimum atomic E-state index is -0.00842. The molecule has 0 radical (unpaired) electrons. The molecule has 3 heteroatoms. The number of carbonyl (C=O) groups is 1. The molecule has 0 spiro atoms. The van der Waals surface area contributed by atoms with Crippen LogP contribution in [-0.4, -0.2) is 28.7 Å². The van der Waals surface area contributed by atoms with Crippen molar-refractivity contribution in [2.45, 2.75) is 44.9 Å². The quantitative estimate of drug-likeness (QED) is 0.710. The van der Waals surface area contributed by atoms with Crippen LogP contribution in [0.3, 0.4) is 0 Å². The first-order valence-corrected chi connectivity index (χ1v) is 6.86. The second kappa shape index (κ2) is 5.88. The van der Waals surface area contributed by atoms with Crippen LogP contribution < -0.4 is 0 Å². The zero-order valence-corrected chi connectivity index (χ0v) is 11.6. The van der Waals surface area contributed by atoms with Gasteiger partial charge in [0, 0.05) is 13.1 Å². The van der Waals surface area contributed by atoms with Gasteiger partial charge in [0.1, 0.15) is 0 Å². The van der Waals surface area contributed by atoms with Crippen LogP contribution in [0.2, 0.25) is 0 Å². The molecule has 1 saturated heterocycles. The molecule has 0 bridgehead atoms. The average Bonchev–Trinajstić information content (AvgIpc) is 2.40. The third-order valence-electron chi connectivity index (χ3n) is 3.15. The summed E-state index contributed by atoms with van der Waals surface area (Å²) in [5, 5.41) is 0. The Labute approximate surface area is 102 Å². The van der Waals surface area contributed by atoms with Crippen LogP contribution in [0, 0.1) is 11.8 Å². The van der Waals surface area contributed by atoms with Gasteiger partial charge in [0.25, 0.3) is 0 Å². The van der Waals surface area contributed by atoms with E-state index in [-0.39, 0.29) is 10.7 Å². The highest BCUT2D eigenvalue weighted by Crippen LogP contribution is 2.20. The van der Waals surface area contributed by atoms with Crippen molar-refractivity contribution in [3.8, 4) is 0 Å². The molecule has 0 saturated carbocycles. The molecule has 1 rings (SSSR count). The third-order valence-corrected chi connectivity index (χ3v) is 4.60. The van der Waals surface area contributed by atoms with Crippen molar-refractivity contribution in [3.63, 3.8) is 0 Å². The van der Waals surface area contributed by atoms with E-state index >= 15 is 0 Å². The first kappa shape index (κ1) is 13.0. The molecule has 1 fully saturated rings. The van der Waals surface area contributed by atoms with E-state index in [1.54, 1.807) is 0 Å². The lowest BCUT2D eigenvalue weighted by molar-refractivity contribution is -0.131. The number of nitrogens with zero attached hydrogens (tertiary/aromatic N) is 1. The van der Waals surface area contributed by atoms with E-state index < -0.39 is 0 Å². The van der Waals surface area contributed by atoms with Crippen molar-refractivity contribution in [1.29, 1.82) is 0 Å². The molecular formula is C12H22BrNO. The highest BCUT2D eigenvalue weighted by Gasteiger charge is 2.25.